The summed E-state index contributed by atoms with van der Waals surface area (Å²) in [6, 6.07) is 3.11. The maximum Gasteiger partial charge on any atom is 0.414 e. The Labute approximate surface area is 261 Å². The first kappa shape index (κ1) is 31.9. The number of guanidine groups is 1. The van der Waals surface area contributed by atoms with Crippen LogP contribution in [0.1, 0.15) is 56.1 Å². The van der Waals surface area contributed by atoms with Crippen LogP contribution in [0.4, 0.5) is 4.79 Å². The van der Waals surface area contributed by atoms with Crippen molar-refractivity contribution in [3.05, 3.63) is 35.1 Å². The summed E-state index contributed by atoms with van der Waals surface area (Å²) in [6.45, 7) is 0.432. The maximum atomic E-state index is 13.2. The van der Waals surface area contributed by atoms with Crippen LogP contribution >= 0.6 is 0 Å². The summed E-state index contributed by atoms with van der Waals surface area (Å²) >= 11 is 0. The van der Waals surface area contributed by atoms with Gasteiger partial charge in [0.2, 0.25) is 11.8 Å². The molecule has 0 aromatic heterocycles. The molecule has 1 aliphatic heterocycles. The summed E-state index contributed by atoms with van der Waals surface area (Å²) in [5.41, 5.74) is 12.9. The van der Waals surface area contributed by atoms with E-state index >= 15 is 0 Å². The topological polar surface area (TPSA) is 208 Å². The van der Waals surface area contributed by atoms with Gasteiger partial charge in [0, 0.05) is 37.7 Å². The van der Waals surface area contributed by atoms with Crippen LogP contribution in [0.25, 0.3) is 0 Å². The molecule has 14 nitrogen and oxygen atoms in total. The van der Waals surface area contributed by atoms with Crippen LogP contribution in [0.2, 0.25) is 0 Å². The number of amides is 3. The molecule has 0 unspecified atom stereocenters. The Morgan fingerprint density at radius 1 is 1.27 bits per heavy atom. The summed E-state index contributed by atoms with van der Waals surface area (Å²) in [5, 5.41) is 14.0. The Morgan fingerprint density at radius 3 is 2.80 bits per heavy atom. The molecule has 1 aromatic rings. The van der Waals surface area contributed by atoms with Gasteiger partial charge in [-0.05, 0) is 68.1 Å². The molecule has 1 spiro atoms. The molecule has 14 heteroatoms. The number of hydrogen-bond donors (Lipinski definition) is 5. The third-order valence-corrected chi connectivity index (χ3v) is 9.48. The van der Waals surface area contributed by atoms with E-state index in [0.29, 0.717) is 29.8 Å². The van der Waals surface area contributed by atoms with Gasteiger partial charge in [-0.1, -0.05) is 12.5 Å². The number of benzene rings is 1. The number of methoxy groups -OCH3 is 1. The normalized spacial score (nSPS) is 24.1. The number of nitrogens with one attached hydrogen (secondary N) is 2. The van der Waals surface area contributed by atoms with Crippen molar-refractivity contribution < 1.29 is 38.5 Å². The van der Waals surface area contributed by atoms with Gasteiger partial charge in [0.25, 0.3) is 0 Å². The molecule has 3 amide bonds. The Morgan fingerprint density at radius 2 is 2.07 bits per heavy atom. The summed E-state index contributed by atoms with van der Waals surface area (Å²) in [6.07, 6.45) is 5.83. The van der Waals surface area contributed by atoms with Crippen molar-refractivity contribution in [2.75, 3.05) is 33.8 Å². The molecule has 0 radical (unpaired) electrons. The number of carbonyl (C=O) groups is 4. The lowest BCUT2D eigenvalue weighted by Crippen LogP contribution is -2.55. The highest BCUT2D eigenvalue weighted by molar-refractivity contribution is 5.96. The molecule has 244 valence electrons. The standard InChI is InChI=1S/C31H42N6O8/c1-37(14-13-34-28(41)20(6-4-12-35-29(32)33)36-23(38)16-24(39)40)30(42)44-22-10-8-19-17-5-3-11-31(19)25-18(15-17)7-9-21(43-2)26(25)45-27(22)31/h7,9-10,17,19-20,27H,3-6,8,11-16H2,1-2H3,(H,34,41)(H,36,38)(H,39,40)(H4,32,33,35)/t17-,19+,20+,27+,31+/m1/s1. The van der Waals surface area contributed by atoms with Crippen LogP contribution in [-0.2, 0) is 31.0 Å². The number of likely N-dealkylation sites (N-methyl/N-ethyl adjacent to an activating group) is 1. The second kappa shape index (κ2) is 13.2. The fourth-order valence-electron chi connectivity index (χ4n) is 7.60. The number of aliphatic imine (C=N–C) groups is 1. The third kappa shape index (κ3) is 6.36. The Bertz CT molecular complexity index is 1410. The van der Waals surface area contributed by atoms with Gasteiger partial charge in [-0.2, -0.15) is 0 Å². The van der Waals surface area contributed by atoms with Crippen LogP contribution in [0, 0.1) is 11.8 Å². The molecule has 1 saturated carbocycles. The van der Waals surface area contributed by atoms with Gasteiger partial charge in [0.1, 0.15) is 18.2 Å². The molecule has 1 fully saturated rings. The highest BCUT2D eigenvalue weighted by Crippen LogP contribution is 2.65. The van der Waals surface area contributed by atoms with Crippen LogP contribution < -0.4 is 31.6 Å². The average Bonchev–Trinajstić information content (AvgIpc) is 3.33. The fraction of sp³-hybridized carbons (Fsp3) is 0.581. The number of carboxylic acid groups (broad SMARTS) is 1. The van der Waals surface area contributed by atoms with Crippen LogP contribution in [-0.4, -0.2) is 85.8 Å². The van der Waals surface area contributed by atoms with Crippen molar-refractivity contribution in [1.29, 1.82) is 0 Å². The smallest absolute Gasteiger partial charge is 0.414 e. The number of nitrogens with zero attached hydrogens (tertiary/aromatic N) is 2. The summed E-state index contributed by atoms with van der Waals surface area (Å²) in [7, 11) is 3.21. The second-order valence-electron chi connectivity index (χ2n) is 12.2. The van der Waals surface area contributed by atoms with Gasteiger partial charge in [-0.15, -0.1) is 0 Å². The molecule has 1 heterocycles. The van der Waals surface area contributed by atoms with Crippen LogP contribution in [0.3, 0.4) is 0 Å². The fourth-order valence-corrected chi connectivity index (χ4v) is 7.60. The maximum absolute atomic E-state index is 13.2. The average molecular weight is 627 g/mol. The summed E-state index contributed by atoms with van der Waals surface area (Å²) < 4.78 is 18.2. The van der Waals surface area contributed by atoms with Crippen molar-refractivity contribution in [2.24, 2.45) is 28.3 Å². The minimum absolute atomic E-state index is 0.0717. The van der Waals surface area contributed by atoms with Crippen molar-refractivity contribution >= 4 is 29.8 Å². The number of carboxylic acids is 1. The van der Waals surface area contributed by atoms with Gasteiger partial charge in [0.05, 0.1) is 7.11 Å². The van der Waals surface area contributed by atoms with Gasteiger partial charge < -0.3 is 46.3 Å². The highest BCUT2D eigenvalue weighted by Gasteiger charge is 2.63. The van der Waals surface area contributed by atoms with E-state index in [1.54, 1.807) is 14.2 Å². The van der Waals surface area contributed by atoms with E-state index in [2.05, 4.69) is 21.7 Å². The van der Waals surface area contributed by atoms with E-state index in [4.69, 9.17) is 30.8 Å². The van der Waals surface area contributed by atoms with Crippen molar-refractivity contribution in [3.63, 3.8) is 0 Å². The Balaban J connectivity index is 1.19. The molecule has 2 bridgehead atoms. The minimum atomic E-state index is -1.31. The monoisotopic (exact) mass is 626 g/mol. The van der Waals surface area contributed by atoms with E-state index in [9.17, 15) is 19.2 Å². The number of nitrogens with two attached hydrogens (primary N) is 2. The van der Waals surface area contributed by atoms with E-state index in [1.165, 1.54) is 22.4 Å². The predicted molar refractivity (Wildman–Crippen MR) is 163 cm³/mol. The largest absolute Gasteiger partial charge is 0.493 e. The predicted octanol–water partition coefficient (Wildman–Crippen LogP) is 1.15. The van der Waals surface area contributed by atoms with E-state index in [-0.39, 0.29) is 37.4 Å². The first-order chi connectivity index (χ1) is 21.5. The van der Waals surface area contributed by atoms with E-state index < -0.39 is 42.4 Å². The molecule has 45 heavy (non-hydrogen) atoms. The van der Waals surface area contributed by atoms with Crippen molar-refractivity contribution in [2.45, 2.75) is 68.9 Å². The van der Waals surface area contributed by atoms with E-state index in [1.807, 2.05) is 12.1 Å². The zero-order valence-corrected chi connectivity index (χ0v) is 25.7. The quantitative estimate of drug-likeness (QED) is 0.0913. The molecule has 3 aliphatic carbocycles. The number of allylic oxidation sites excluding steroid dienone is 1. The zero-order chi connectivity index (χ0) is 32.3. The number of carbonyl (C=O) groups excluding carboxylic acids is 3. The summed E-state index contributed by atoms with van der Waals surface area (Å²) in [4.78, 5) is 54.3. The number of ether oxygens (including phenoxy) is 3. The lowest BCUT2D eigenvalue weighted by molar-refractivity contribution is -0.141. The molecule has 4 aliphatic rings. The SMILES string of the molecule is COc1ccc2c3c1O[C@H]1C(OC(=O)N(C)CCNC(=O)[C@H](CCCN=C(N)N)NC(=O)CC(=O)O)=CC[C@H]4[C@H](CCC[C@]314)C2. The molecule has 5 atom stereocenters. The van der Waals surface area contributed by atoms with Crippen LogP contribution in [0.5, 0.6) is 11.5 Å². The van der Waals surface area contributed by atoms with Gasteiger partial charge in [0.15, 0.2) is 23.6 Å². The molecular formula is C31H42N6O8. The minimum Gasteiger partial charge on any atom is -0.493 e. The number of aliphatic carboxylic acids is 1. The van der Waals surface area contributed by atoms with Gasteiger partial charge in [-0.25, -0.2) is 4.79 Å². The van der Waals surface area contributed by atoms with Crippen molar-refractivity contribution in [1.82, 2.24) is 15.5 Å². The molecule has 7 N–H and O–H groups in total. The number of hydrogen-bond acceptors (Lipinski definition) is 8. The molecular weight excluding hydrogens is 584 g/mol. The Kier molecular flexibility index (Phi) is 9.40. The third-order valence-electron chi connectivity index (χ3n) is 9.48. The first-order valence-corrected chi connectivity index (χ1v) is 15.4. The van der Waals surface area contributed by atoms with Gasteiger partial charge >= 0.3 is 12.1 Å². The summed E-state index contributed by atoms with van der Waals surface area (Å²) in [5.74, 6) is 0.189. The highest BCUT2D eigenvalue weighted by atomic mass is 16.6. The second-order valence-corrected chi connectivity index (χ2v) is 12.2. The van der Waals surface area contributed by atoms with Crippen LogP contribution in [0.15, 0.2) is 29.0 Å². The molecule has 0 saturated heterocycles. The lowest BCUT2D eigenvalue weighted by Gasteiger charge is -2.53. The molecule has 1 aromatic carbocycles. The number of rotatable bonds is 13. The van der Waals surface area contributed by atoms with Gasteiger partial charge in [-0.3, -0.25) is 19.4 Å². The molecule has 5 rings (SSSR count). The van der Waals surface area contributed by atoms with E-state index in [0.717, 1.165) is 31.4 Å². The Hall–Kier alpha value is -4.49. The zero-order valence-electron chi connectivity index (χ0n) is 25.7. The first-order valence-electron chi connectivity index (χ1n) is 15.4. The lowest BCUT2D eigenvalue weighted by atomic mass is 9.49. The van der Waals surface area contributed by atoms with Crippen molar-refractivity contribution in [3.8, 4) is 11.5 Å².